The molecular weight excluding hydrogens is 242 g/mol. The highest BCUT2D eigenvalue weighted by atomic mass is 16.5. The molecule has 1 aromatic carbocycles. The van der Waals surface area contributed by atoms with Crippen LogP contribution < -0.4 is 5.32 Å². The van der Waals surface area contributed by atoms with E-state index in [1.54, 1.807) is 6.08 Å². The van der Waals surface area contributed by atoms with Gasteiger partial charge >= 0.3 is 6.09 Å². The fourth-order valence-electron chi connectivity index (χ4n) is 1.52. The minimum absolute atomic E-state index is 0.167. The molecule has 1 rings (SSSR count). The van der Waals surface area contributed by atoms with Crippen LogP contribution in [0.3, 0.4) is 0 Å². The highest BCUT2D eigenvalue weighted by Gasteiger charge is 2.27. The number of benzene rings is 1. The summed E-state index contributed by atoms with van der Waals surface area (Å²) in [7, 11) is 0. The minimum Gasteiger partial charge on any atom is -0.445 e. The Kier molecular flexibility index (Phi) is 5.57. The van der Waals surface area contributed by atoms with E-state index in [4.69, 9.17) is 4.74 Å². The number of hydrogen-bond donors (Lipinski definition) is 2. The van der Waals surface area contributed by atoms with Gasteiger partial charge in [0, 0.05) is 5.41 Å². The van der Waals surface area contributed by atoms with Gasteiger partial charge in [-0.25, -0.2) is 4.79 Å². The van der Waals surface area contributed by atoms with Gasteiger partial charge in [0.2, 0.25) is 0 Å². The third kappa shape index (κ3) is 4.75. The molecule has 19 heavy (non-hydrogen) atoms. The van der Waals surface area contributed by atoms with E-state index in [9.17, 15) is 9.90 Å². The summed E-state index contributed by atoms with van der Waals surface area (Å²) >= 11 is 0. The van der Waals surface area contributed by atoms with E-state index in [0.29, 0.717) is 0 Å². The van der Waals surface area contributed by atoms with Crippen molar-refractivity contribution in [3.8, 4) is 0 Å². The Labute approximate surface area is 114 Å². The molecule has 0 aliphatic carbocycles. The van der Waals surface area contributed by atoms with Crippen molar-refractivity contribution in [2.45, 2.75) is 26.5 Å². The van der Waals surface area contributed by atoms with Crippen molar-refractivity contribution in [1.29, 1.82) is 0 Å². The van der Waals surface area contributed by atoms with Crippen molar-refractivity contribution < 1.29 is 14.6 Å². The van der Waals surface area contributed by atoms with E-state index in [-0.39, 0.29) is 13.2 Å². The van der Waals surface area contributed by atoms with E-state index in [1.165, 1.54) is 0 Å². The van der Waals surface area contributed by atoms with Gasteiger partial charge in [-0.2, -0.15) is 0 Å². The first-order valence-electron chi connectivity index (χ1n) is 6.21. The summed E-state index contributed by atoms with van der Waals surface area (Å²) in [5.41, 5.74) is 0.515. The smallest absolute Gasteiger partial charge is 0.407 e. The minimum atomic E-state index is -0.544. The van der Waals surface area contributed by atoms with E-state index >= 15 is 0 Å². The number of aliphatic hydroxyl groups excluding tert-OH is 1. The van der Waals surface area contributed by atoms with Gasteiger partial charge in [0.05, 0.1) is 12.6 Å². The Balaban J connectivity index is 2.48. The number of alkyl carbamates (subject to hydrolysis) is 1. The van der Waals surface area contributed by atoms with Gasteiger partial charge in [-0.05, 0) is 5.56 Å². The zero-order valence-electron chi connectivity index (χ0n) is 11.4. The maximum atomic E-state index is 11.7. The predicted octanol–water partition coefficient (Wildman–Crippen LogP) is 2.49. The average molecular weight is 263 g/mol. The van der Waals surface area contributed by atoms with E-state index in [0.717, 1.165) is 5.56 Å². The number of rotatable bonds is 6. The van der Waals surface area contributed by atoms with E-state index in [1.807, 2.05) is 44.2 Å². The van der Waals surface area contributed by atoms with Crippen LogP contribution >= 0.6 is 0 Å². The number of nitrogens with one attached hydrogen (secondary N) is 1. The second kappa shape index (κ2) is 6.95. The third-order valence-corrected chi connectivity index (χ3v) is 3.11. The lowest BCUT2D eigenvalue weighted by atomic mass is 9.85. The van der Waals surface area contributed by atoms with Crippen LogP contribution in [0.25, 0.3) is 0 Å². The Morgan fingerprint density at radius 1 is 1.47 bits per heavy atom. The van der Waals surface area contributed by atoms with Gasteiger partial charge < -0.3 is 15.2 Å². The number of hydrogen-bond acceptors (Lipinski definition) is 3. The summed E-state index contributed by atoms with van der Waals surface area (Å²) in [5.74, 6) is 0. The zero-order valence-corrected chi connectivity index (χ0v) is 11.4. The summed E-state index contributed by atoms with van der Waals surface area (Å²) in [5, 5.41) is 12.0. The second-order valence-electron chi connectivity index (χ2n) is 4.97. The molecule has 0 aliphatic heterocycles. The van der Waals surface area contributed by atoms with Crippen molar-refractivity contribution in [3.63, 3.8) is 0 Å². The fourth-order valence-corrected chi connectivity index (χ4v) is 1.52. The number of amides is 1. The van der Waals surface area contributed by atoms with Gasteiger partial charge in [0.25, 0.3) is 0 Å². The highest BCUT2D eigenvalue weighted by molar-refractivity contribution is 5.67. The normalized spacial score (nSPS) is 12.6. The number of carbonyl (C=O) groups excluding carboxylic acids is 1. The number of ether oxygens (including phenoxy) is 1. The number of carbonyl (C=O) groups is 1. The molecule has 0 bridgehead atoms. The van der Waals surface area contributed by atoms with Crippen LogP contribution in [-0.2, 0) is 11.3 Å². The van der Waals surface area contributed by atoms with Gasteiger partial charge in [0.15, 0.2) is 0 Å². The molecule has 1 amide bonds. The highest BCUT2D eigenvalue weighted by Crippen LogP contribution is 2.21. The van der Waals surface area contributed by atoms with E-state index in [2.05, 4.69) is 11.9 Å². The average Bonchev–Trinajstić information content (AvgIpc) is 2.43. The van der Waals surface area contributed by atoms with Crippen molar-refractivity contribution in [2.75, 3.05) is 6.61 Å². The summed E-state index contributed by atoms with van der Waals surface area (Å²) in [6.07, 6.45) is 1.16. The molecule has 0 heterocycles. The lowest BCUT2D eigenvalue weighted by molar-refractivity contribution is 0.115. The lowest BCUT2D eigenvalue weighted by Crippen LogP contribution is -2.46. The van der Waals surface area contributed by atoms with Gasteiger partial charge in [0.1, 0.15) is 6.61 Å². The first-order chi connectivity index (χ1) is 8.99. The SMILES string of the molecule is C=CC(C)(C)[C@@H](CO)NC(=O)OCc1ccccc1. The third-order valence-electron chi connectivity index (χ3n) is 3.11. The molecule has 4 heteroatoms. The second-order valence-corrected chi connectivity index (χ2v) is 4.97. The van der Waals surface area contributed by atoms with Crippen LogP contribution in [0.15, 0.2) is 43.0 Å². The van der Waals surface area contributed by atoms with Crippen LogP contribution in [-0.4, -0.2) is 23.8 Å². The molecule has 1 atom stereocenters. The Morgan fingerprint density at radius 2 is 2.11 bits per heavy atom. The molecule has 0 aliphatic rings. The molecule has 0 aromatic heterocycles. The van der Waals surface area contributed by atoms with Crippen LogP contribution in [0.5, 0.6) is 0 Å². The molecule has 0 saturated heterocycles. The van der Waals surface area contributed by atoms with Crippen LogP contribution in [0.4, 0.5) is 4.79 Å². The first-order valence-corrected chi connectivity index (χ1v) is 6.21. The molecule has 1 aromatic rings. The maximum Gasteiger partial charge on any atom is 0.407 e. The van der Waals surface area contributed by atoms with Crippen LogP contribution in [0, 0.1) is 5.41 Å². The maximum absolute atomic E-state index is 11.7. The largest absolute Gasteiger partial charge is 0.445 e. The first kappa shape index (κ1) is 15.2. The molecule has 0 radical (unpaired) electrons. The molecule has 4 nitrogen and oxygen atoms in total. The van der Waals surface area contributed by atoms with Gasteiger partial charge in [-0.1, -0.05) is 50.3 Å². The standard InChI is InChI=1S/C15H21NO3/c1-4-15(2,3)13(10-17)16-14(18)19-11-12-8-6-5-7-9-12/h4-9,13,17H,1,10-11H2,2-3H3,(H,16,18)/t13-/m1/s1. The molecule has 0 saturated carbocycles. The lowest BCUT2D eigenvalue weighted by Gasteiger charge is -2.30. The van der Waals surface area contributed by atoms with Gasteiger partial charge in [-0.3, -0.25) is 0 Å². The fraction of sp³-hybridized carbons (Fsp3) is 0.400. The predicted molar refractivity (Wildman–Crippen MR) is 74.6 cm³/mol. The number of aliphatic hydroxyl groups is 1. The Morgan fingerprint density at radius 3 is 2.63 bits per heavy atom. The molecular formula is C15H21NO3. The molecule has 0 unspecified atom stereocenters. The topological polar surface area (TPSA) is 58.6 Å². The molecule has 2 N–H and O–H groups in total. The summed E-state index contributed by atoms with van der Waals surface area (Å²) in [6.45, 7) is 7.51. The van der Waals surface area contributed by atoms with Crippen LogP contribution in [0.2, 0.25) is 0 Å². The molecule has 0 spiro atoms. The zero-order chi connectivity index (χ0) is 14.3. The summed E-state index contributed by atoms with van der Waals surface area (Å²) in [6, 6.07) is 9.00. The van der Waals surface area contributed by atoms with E-state index < -0.39 is 17.6 Å². The molecule has 0 fully saturated rings. The Hall–Kier alpha value is -1.81. The van der Waals surface area contributed by atoms with Crippen LogP contribution in [0.1, 0.15) is 19.4 Å². The monoisotopic (exact) mass is 263 g/mol. The quantitative estimate of drug-likeness (QED) is 0.775. The van der Waals surface area contributed by atoms with Crippen molar-refractivity contribution in [3.05, 3.63) is 48.6 Å². The summed E-state index contributed by atoms with van der Waals surface area (Å²) in [4.78, 5) is 11.7. The van der Waals surface area contributed by atoms with Crippen molar-refractivity contribution in [2.24, 2.45) is 5.41 Å². The summed E-state index contributed by atoms with van der Waals surface area (Å²) < 4.78 is 5.10. The Bertz CT molecular complexity index is 415. The molecule has 104 valence electrons. The van der Waals surface area contributed by atoms with Crippen molar-refractivity contribution in [1.82, 2.24) is 5.32 Å². The van der Waals surface area contributed by atoms with Crippen molar-refractivity contribution >= 4 is 6.09 Å². The van der Waals surface area contributed by atoms with Gasteiger partial charge in [-0.15, -0.1) is 6.58 Å².